The van der Waals surface area contributed by atoms with E-state index in [-0.39, 0.29) is 12.1 Å². The van der Waals surface area contributed by atoms with Crippen LogP contribution in [0.4, 0.5) is 0 Å². The Bertz CT molecular complexity index is 621. The molecule has 0 fully saturated rings. The van der Waals surface area contributed by atoms with E-state index >= 15 is 0 Å². The minimum Gasteiger partial charge on any atom is -0.468 e. The molecular weight excluding hydrogens is 238 g/mol. The molecule has 1 aromatic carbocycles. The van der Waals surface area contributed by atoms with Crippen LogP contribution in [0.15, 0.2) is 57.6 Å². The Hall–Kier alpha value is -2.00. The van der Waals surface area contributed by atoms with Gasteiger partial charge in [-0.1, -0.05) is 18.2 Å². The van der Waals surface area contributed by atoms with Crippen LogP contribution in [0.25, 0.3) is 11.0 Å². The first-order valence-corrected chi connectivity index (χ1v) is 6.52. The fourth-order valence-electron chi connectivity index (χ4n) is 2.29. The van der Waals surface area contributed by atoms with Gasteiger partial charge in [-0.05, 0) is 38.1 Å². The summed E-state index contributed by atoms with van der Waals surface area (Å²) in [6.45, 7) is 4.18. The Morgan fingerprint density at radius 2 is 1.74 bits per heavy atom. The van der Waals surface area contributed by atoms with Crippen LogP contribution in [0.1, 0.15) is 37.5 Å². The molecule has 19 heavy (non-hydrogen) atoms. The quantitative estimate of drug-likeness (QED) is 0.749. The van der Waals surface area contributed by atoms with Gasteiger partial charge in [0.15, 0.2) is 0 Å². The van der Waals surface area contributed by atoms with Crippen LogP contribution in [0.2, 0.25) is 0 Å². The molecular formula is C16H17NO2. The normalized spacial score (nSPS) is 14.6. The van der Waals surface area contributed by atoms with Crippen molar-refractivity contribution in [2.45, 2.75) is 25.9 Å². The minimum atomic E-state index is 0.132. The van der Waals surface area contributed by atoms with E-state index in [1.54, 1.807) is 6.26 Å². The molecule has 0 aliphatic heterocycles. The molecule has 3 aromatic rings. The predicted octanol–water partition coefficient (Wildman–Crippen LogP) is 4.44. The van der Waals surface area contributed by atoms with Crippen LogP contribution in [0.3, 0.4) is 0 Å². The van der Waals surface area contributed by atoms with E-state index in [2.05, 4.69) is 31.3 Å². The third kappa shape index (κ3) is 2.42. The fraction of sp³-hybridized carbons (Fsp3) is 0.250. The van der Waals surface area contributed by atoms with Crippen molar-refractivity contribution in [3.63, 3.8) is 0 Å². The number of benzene rings is 1. The van der Waals surface area contributed by atoms with Gasteiger partial charge in [0, 0.05) is 5.39 Å². The number of fused-ring (bicyclic) bond motifs is 1. The zero-order valence-electron chi connectivity index (χ0n) is 11.1. The van der Waals surface area contributed by atoms with E-state index < -0.39 is 0 Å². The first-order valence-electron chi connectivity index (χ1n) is 6.52. The zero-order valence-corrected chi connectivity index (χ0v) is 11.1. The third-order valence-electron chi connectivity index (χ3n) is 3.34. The molecule has 0 bridgehead atoms. The fourth-order valence-corrected chi connectivity index (χ4v) is 2.29. The van der Waals surface area contributed by atoms with Gasteiger partial charge in [-0.25, -0.2) is 0 Å². The Kier molecular flexibility index (Phi) is 3.13. The molecule has 1 unspecified atom stereocenters. The lowest BCUT2D eigenvalue weighted by molar-refractivity contribution is 0.373. The Morgan fingerprint density at radius 1 is 0.947 bits per heavy atom. The first-order chi connectivity index (χ1) is 9.24. The van der Waals surface area contributed by atoms with E-state index in [4.69, 9.17) is 8.83 Å². The van der Waals surface area contributed by atoms with Crippen molar-refractivity contribution in [1.29, 1.82) is 0 Å². The maximum atomic E-state index is 5.85. The average molecular weight is 255 g/mol. The van der Waals surface area contributed by atoms with Crippen LogP contribution >= 0.6 is 0 Å². The topological polar surface area (TPSA) is 38.3 Å². The van der Waals surface area contributed by atoms with Crippen molar-refractivity contribution in [3.8, 4) is 0 Å². The van der Waals surface area contributed by atoms with Gasteiger partial charge in [-0.3, -0.25) is 5.32 Å². The molecule has 2 aromatic heterocycles. The van der Waals surface area contributed by atoms with Gasteiger partial charge in [-0.2, -0.15) is 0 Å². The van der Waals surface area contributed by atoms with Crippen LogP contribution in [0.5, 0.6) is 0 Å². The molecule has 0 saturated heterocycles. The largest absolute Gasteiger partial charge is 0.468 e. The van der Waals surface area contributed by atoms with Crippen LogP contribution in [-0.4, -0.2) is 0 Å². The molecule has 1 N–H and O–H groups in total. The van der Waals surface area contributed by atoms with Gasteiger partial charge in [0.1, 0.15) is 17.1 Å². The first kappa shape index (κ1) is 12.1. The highest BCUT2D eigenvalue weighted by Gasteiger charge is 2.16. The van der Waals surface area contributed by atoms with E-state index in [9.17, 15) is 0 Å². The second-order valence-electron chi connectivity index (χ2n) is 4.81. The predicted molar refractivity (Wildman–Crippen MR) is 74.9 cm³/mol. The molecule has 0 amide bonds. The van der Waals surface area contributed by atoms with E-state index in [1.807, 2.05) is 30.3 Å². The minimum absolute atomic E-state index is 0.132. The standard InChI is InChI=1S/C16H17NO2/c1-11(14-8-5-9-18-14)17-12(2)16-10-13-6-3-4-7-15(13)19-16/h3-12,17H,1-2H3/t11-,12?/m1/s1. The lowest BCUT2D eigenvalue weighted by Gasteiger charge is -2.16. The second kappa shape index (κ2) is 4.94. The number of para-hydroxylation sites is 1. The van der Waals surface area contributed by atoms with Gasteiger partial charge in [-0.15, -0.1) is 0 Å². The molecule has 0 spiro atoms. The molecule has 0 aliphatic carbocycles. The van der Waals surface area contributed by atoms with Crippen LogP contribution < -0.4 is 5.32 Å². The van der Waals surface area contributed by atoms with Gasteiger partial charge in [0.2, 0.25) is 0 Å². The van der Waals surface area contributed by atoms with Crippen molar-refractivity contribution in [3.05, 3.63) is 60.2 Å². The highest BCUT2D eigenvalue weighted by atomic mass is 16.3. The highest BCUT2D eigenvalue weighted by Crippen LogP contribution is 2.25. The van der Waals surface area contributed by atoms with Gasteiger partial charge in [0.05, 0.1) is 18.3 Å². The Labute approximate surface area is 112 Å². The number of rotatable bonds is 4. The summed E-state index contributed by atoms with van der Waals surface area (Å²) in [5, 5.41) is 4.61. The van der Waals surface area contributed by atoms with Crippen molar-refractivity contribution >= 4 is 11.0 Å². The van der Waals surface area contributed by atoms with E-state index in [0.29, 0.717) is 0 Å². The molecule has 3 heteroatoms. The van der Waals surface area contributed by atoms with Gasteiger partial charge in [0.25, 0.3) is 0 Å². The number of furan rings is 2. The summed E-state index contributed by atoms with van der Waals surface area (Å²) in [5.41, 5.74) is 0.928. The summed E-state index contributed by atoms with van der Waals surface area (Å²) in [5.74, 6) is 1.88. The lowest BCUT2D eigenvalue weighted by Crippen LogP contribution is -2.21. The summed E-state index contributed by atoms with van der Waals surface area (Å²) in [4.78, 5) is 0. The highest BCUT2D eigenvalue weighted by molar-refractivity contribution is 5.77. The lowest BCUT2D eigenvalue weighted by atomic mass is 10.2. The summed E-state index contributed by atoms with van der Waals surface area (Å²) >= 11 is 0. The van der Waals surface area contributed by atoms with Crippen molar-refractivity contribution in [2.24, 2.45) is 0 Å². The maximum Gasteiger partial charge on any atom is 0.134 e. The Balaban J connectivity index is 1.78. The molecule has 3 rings (SSSR count). The summed E-state index contributed by atoms with van der Waals surface area (Å²) in [6.07, 6.45) is 1.69. The third-order valence-corrected chi connectivity index (χ3v) is 3.34. The average Bonchev–Trinajstić information content (AvgIpc) is 3.07. The van der Waals surface area contributed by atoms with Crippen molar-refractivity contribution in [2.75, 3.05) is 0 Å². The van der Waals surface area contributed by atoms with Gasteiger partial charge < -0.3 is 8.83 Å². The molecule has 0 radical (unpaired) electrons. The summed E-state index contributed by atoms with van der Waals surface area (Å²) < 4.78 is 11.3. The smallest absolute Gasteiger partial charge is 0.134 e. The number of nitrogens with one attached hydrogen (secondary N) is 1. The van der Waals surface area contributed by atoms with Crippen LogP contribution in [0, 0.1) is 0 Å². The maximum absolute atomic E-state index is 5.85. The number of hydrogen-bond donors (Lipinski definition) is 1. The summed E-state index contributed by atoms with van der Waals surface area (Å²) in [6, 6.07) is 14.3. The van der Waals surface area contributed by atoms with Crippen molar-refractivity contribution < 1.29 is 8.83 Å². The molecule has 3 nitrogen and oxygen atoms in total. The monoisotopic (exact) mass is 255 g/mol. The molecule has 2 atom stereocenters. The number of hydrogen-bond acceptors (Lipinski definition) is 3. The van der Waals surface area contributed by atoms with E-state index in [1.165, 1.54) is 0 Å². The van der Waals surface area contributed by atoms with Crippen molar-refractivity contribution in [1.82, 2.24) is 5.32 Å². The molecule has 0 aliphatic rings. The van der Waals surface area contributed by atoms with E-state index in [0.717, 1.165) is 22.5 Å². The molecule has 2 heterocycles. The van der Waals surface area contributed by atoms with Gasteiger partial charge >= 0.3 is 0 Å². The SMILES string of the molecule is CC(N[C@H](C)c1ccco1)c1cc2ccccc2o1. The molecule has 98 valence electrons. The van der Waals surface area contributed by atoms with Crippen LogP contribution in [-0.2, 0) is 0 Å². The zero-order chi connectivity index (χ0) is 13.2. The second-order valence-corrected chi connectivity index (χ2v) is 4.81. The molecule has 0 saturated carbocycles. The summed E-state index contributed by atoms with van der Waals surface area (Å²) in [7, 11) is 0. The Morgan fingerprint density at radius 3 is 2.47 bits per heavy atom.